The summed E-state index contributed by atoms with van der Waals surface area (Å²) in [5.74, 6) is 2.80. The Kier molecular flexibility index (Phi) is 7.32. The third-order valence-corrected chi connectivity index (χ3v) is 5.77. The van der Waals surface area contributed by atoms with E-state index in [-0.39, 0.29) is 5.60 Å². The maximum Gasteiger partial charge on any atom is 0.122 e. The lowest BCUT2D eigenvalue weighted by Crippen LogP contribution is -2.36. The van der Waals surface area contributed by atoms with Crippen molar-refractivity contribution < 1.29 is 14.2 Å². The lowest BCUT2D eigenvalue weighted by atomic mass is 9.75. The molecule has 0 unspecified atom stereocenters. The molecule has 2 atom stereocenters. The van der Waals surface area contributed by atoms with Gasteiger partial charge in [-0.05, 0) is 86.4 Å². The molecule has 1 saturated heterocycles. The van der Waals surface area contributed by atoms with Crippen LogP contribution in [0.2, 0.25) is 0 Å². The fraction of sp³-hybridized carbons (Fsp3) is 0.480. The predicted octanol–water partition coefficient (Wildman–Crippen LogP) is 5.50. The van der Waals surface area contributed by atoms with E-state index in [0.29, 0.717) is 11.8 Å². The Balaban J connectivity index is 1.73. The van der Waals surface area contributed by atoms with E-state index in [1.54, 1.807) is 14.2 Å². The number of nitrogens with zero attached hydrogens (tertiary/aromatic N) is 1. The second kappa shape index (κ2) is 9.93. The van der Waals surface area contributed by atoms with Gasteiger partial charge in [-0.2, -0.15) is 0 Å². The van der Waals surface area contributed by atoms with Gasteiger partial charge in [-0.3, -0.25) is 4.99 Å². The Bertz CT molecular complexity index is 798. The summed E-state index contributed by atoms with van der Waals surface area (Å²) in [5, 5.41) is 0. The second-order valence-electron chi connectivity index (χ2n) is 8.31. The Morgan fingerprint density at radius 1 is 1.10 bits per heavy atom. The molecule has 1 aliphatic heterocycles. The lowest BCUT2D eigenvalue weighted by Gasteiger charge is -2.39. The van der Waals surface area contributed by atoms with E-state index < -0.39 is 0 Å². The van der Waals surface area contributed by atoms with Crippen LogP contribution in [0.3, 0.4) is 0 Å². The van der Waals surface area contributed by atoms with E-state index in [4.69, 9.17) is 19.2 Å². The van der Waals surface area contributed by atoms with Gasteiger partial charge in [0.25, 0.3) is 0 Å². The van der Waals surface area contributed by atoms with Crippen LogP contribution < -0.4 is 9.47 Å². The highest BCUT2D eigenvalue weighted by atomic mass is 16.5. The van der Waals surface area contributed by atoms with E-state index in [0.717, 1.165) is 49.5 Å². The summed E-state index contributed by atoms with van der Waals surface area (Å²) < 4.78 is 16.9. The molecule has 3 rings (SSSR count). The molecule has 29 heavy (non-hydrogen) atoms. The van der Waals surface area contributed by atoms with E-state index in [9.17, 15) is 0 Å². The van der Waals surface area contributed by atoms with Gasteiger partial charge in [-0.1, -0.05) is 18.2 Å². The van der Waals surface area contributed by atoms with E-state index >= 15 is 0 Å². The van der Waals surface area contributed by atoms with Gasteiger partial charge in [-0.15, -0.1) is 0 Å². The maximum absolute atomic E-state index is 5.97. The van der Waals surface area contributed by atoms with Crippen molar-refractivity contribution in [1.29, 1.82) is 0 Å². The van der Waals surface area contributed by atoms with Crippen LogP contribution in [-0.2, 0) is 4.74 Å². The van der Waals surface area contributed by atoms with Crippen LogP contribution in [0.25, 0.3) is 0 Å². The van der Waals surface area contributed by atoms with Gasteiger partial charge in [0.15, 0.2) is 0 Å². The summed E-state index contributed by atoms with van der Waals surface area (Å²) in [6, 6.07) is 16.4. The quantitative estimate of drug-likeness (QED) is 0.554. The minimum absolute atomic E-state index is 0.0739. The van der Waals surface area contributed by atoms with Gasteiger partial charge < -0.3 is 14.2 Å². The number of rotatable bonds is 8. The molecule has 0 aromatic heterocycles. The molecule has 0 amide bonds. The Morgan fingerprint density at radius 3 is 2.55 bits per heavy atom. The van der Waals surface area contributed by atoms with Gasteiger partial charge in [0, 0.05) is 19.4 Å². The second-order valence-corrected chi connectivity index (χ2v) is 8.31. The highest BCUT2D eigenvalue weighted by Gasteiger charge is 2.34. The third-order valence-electron chi connectivity index (χ3n) is 5.77. The monoisotopic (exact) mass is 395 g/mol. The van der Waals surface area contributed by atoms with E-state index in [1.807, 2.05) is 36.5 Å². The van der Waals surface area contributed by atoms with Crippen molar-refractivity contribution in [3.63, 3.8) is 0 Å². The average molecular weight is 396 g/mol. The minimum atomic E-state index is -0.0739. The molecule has 0 spiro atoms. The Hall–Kier alpha value is -2.33. The SMILES string of the molecule is COc1ccc(C=NCC[C@@H](c2ccccc2OC)[C@H]2CCOC(C)(C)C2)cc1. The van der Waals surface area contributed by atoms with Crippen LogP contribution in [-0.4, -0.2) is 39.2 Å². The predicted molar refractivity (Wildman–Crippen MR) is 119 cm³/mol. The van der Waals surface area contributed by atoms with Crippen LogP contribution >= 0.6 is 0 Å². The molecule has 1 heterocycles. The van der Waals surface area contributed by atoms with Gasteiger partial charge in [-0.25, -0.2) is 0 Å². The van der Waals surface area contributed by atoms with Gasteiger partial charge in [0.1, 0.15) is 11.5 Å². The van der Waals surface area contributed by atoms with Crippen molar-refractivity contribution in [2.24, 2.45) is 10.9 Å². The number of ether oxygens (including phenoxy) is 3. The van der Waals surface area contributed by atoms with Crippen molar-refractivity contribution in [1.82, 2.24) is 0 Å². The van der Waals surface area contributed by atoms with Crippen molar-refractivity contribution in [3.8, 4) is 11.5 Å². The van der Waals surface area contributed by atoms with Crippen LogP contribution in [0, 0.1) is 5.92 Å². The first-order valence-corrected chi connectivity index (χ1v) is 10.4. The summed E-state index contributed by atoms with van der Waals surface area (Å²) in [7, 11) is 3.43. The summed E-state index contributed by atoms with van der Waals surface area (Å²) in [5.41, 5.74) is 2.31. The topological polar surface area (TPSA) is 40.0 Å². The molecule has 0 radical (unpaired) electrons. The first kappa shape index (κ1) is 21.4. The summed E-state index contributed by atoms with van der Waals surface area (Å²) >= 11 is 0. The zero-order chi connectivity index (χ0) is 20.7. The molecule has 2 aromatic carbocycles. The van der Waals surface area contributed by atoms with Crippen LogP contribution in [0.5, 0.6) is 11.5 Å². The van der Waals surface area contributed by atoms with Crippen LogP contribution in [0.4, 0.5) is 0 Å². The molecule has 0 N–H and O–H groups in total. The molecule has 156 valence electrons. The molecule has 0 aliphatic carbocycles. The highest BCUT2D eigenvalue weighted by molar-refractivity contribution is 5.79. The van der Waals surface area contributed by atoms with Crippen LogP contribution in [0.1, 0.15) is 50.2 Å². The molecule has 2 aromatic rings. The molecule has 1 fully saturated rings. The average Bonchev–Trinajstić information content (AvgIpc) is 2.73. The van der Waals surface area contributed by atoms with Gasteiger partial charge >= 0.3 is 0 Å². The molecule has 4 nitrogen and oxygen atoms in total. The number of methoxy groups -OCH3 is 2. The van der Waals surface area contributed by atoms with Gasteiger partial charge in [0.05, 0.1) is 19.8 Å². The largest absolute Gasteiger partial charge is 0.497 e. The standard InChI is InChI=1S/C25H33NO3/c1-25(2)17-20(14-16-29-25)22(23-7-5-6-8-24(23)28-4)13-15-26-18-19-9-11-21(27-3)12-10-19/h5-12,18,20,22H,13-17H2,1-4H3/t20-,22+/m0/s1. The smallest absolute Gasteiger partial charge is 0.122 e. The van der Waals surface area contributed by atoms with E-state index in [1.165, 1.54) is 5.56 Å². The van der Waals surface area contributed by atoms with Gasteiger partial charge in [0.2, 0.25) is 0 Å². The van der Waals surface area contributed by atoms with Crippen molar-refractivity contribution in [3.05, 3.63) is 59.7 Å². The molecular formula is C25H33NO3. The lowest BCUT2D eigenvalue weighted by molar-refractivity contribution is -0.0771. The zero-order valence-electron chi connectivity index (χ0n) is 18.1. The first-order valence-electron chi connectivity index (χ1n) is 10.4. The maximum atomic E-state index is 5.97. The summed E-state index contributed by atoms with van der Waals surface area (Å²) in [6.45, 7) is 5.99. The Morgan fingerprint density at radius 2 is 1.86 bits per heavy atom. The number of hydrogen-bond donors (Lipinski definition) is 0. The number of para-hydroxylation sites is 1. The summed E-state index contributed by atoms with van der Waals surface area (Å²) in [6.07, 6.45) is 5.08. The Labute approximate surface area is 174 Å². The highest BCUT2D eigenvalue weighted by Crippen LogP contribution is 2.42. The molecular weight excluding hydrogens is 362 g/mol. The zero-order valence-corrected chi connectivity index (χ0v) is 18.1. The molecule has 0 saturated carbocycles. The molecule has 0 bridgehead atoms. The fourth-order valence-electron chi connectivity index (χ4n) is 4.31. The minimum Gasteiger partial charge on any atom is -0.497 e. The summed E-state index contributed by atoms with van der Waals surface area (Å²) in [4.78, 5) is 4.71. The molecule has 4 heteroatoms. The van der Waals surface area contributed by atoms with Crippen molar-refractivity contribution in [2.75, 3.05) is 27.4 Å². The third kappa shape index (κ3) is 5.83. The number of hydrogen-bond acceptors (Lipinski definition) is 4. The normalized spacial score (nSPS) is 19.8. The first-order chi connectivity index (χ1) is 14.0. The van der Waals surface area contributed by atoms with Crippen molar-refractivity contribution >= 4 is 6.21 Å². The van der Waals surface area contributed by atoms with E-state index in [2.05, 4.69) is 32.0 Å². The van der Waals surface area contributed by atoms with Crippen LogP contribution in [0.15, 0.2) is 53.5 Å². The number of aliphatic imine (C=N–C) groups is 1. The van der Waals surface area contributed by atoms with Crippen molar-refractivity contribution in [2.45, 2.75) is 44.6 Å². The molecule has 1 aliphatic rings. The number of benzene rings is 2. The fourth-order valence-corrected chi connectivity index (χ4v) is 4.31.